The highest BCUT2D eigenvalue weighted by atomic mass is 14.9. The quantitative estimate of drug-likeness (QED) is 0.652. The Bertz CT molecular complexity index is 167. The van der Waals surface area contributed by atoms with Gasteiger partial charge in [0.05, 0.1) is 0 Å². The van der Waals surface area contributed by atoms with Crippen molar-refractivity contribution in [3.63, 3.8) is 0 Å². The molecule has 1 heteroatoms. The molecule has 1 N–H and O–H groups in total. The van der Waals surface area contributed by atoms with E-state index in [-0.39, 0.29) is 0 Å². The lowest BCUT2D eigenvalue weighted by molar-refractivity contribution is 0.390. The molecule has 1 rings (SSSR count). The van der Waals surface area contributed by atoms with E-state index in [1.807, 2.05) is 0 Å². The first-order valence-electron chi connectivity index (χ1n) is 7.46. The molecule has 1 fully saturated rings. The summed E-state index contributed by atoms with van der Waals surface area (Å²) >= 11 is 0. The van der Waals surface area contributed by atoms with Crippen LogP contribution in [0.1, 0.15) is 65.7 Å². The second-order valence-electron chi connectivity index (χ2n) is 5.86. The van der Waals surface area contributed by atoms with Crippen molar-refractivity contribution in [2.24, 2.45) is 17.8 Å². The van der Waals surface area contributed by atoms with Gasteiger partial charge in [0.25, 0.3) is 0 Å². The Morgan fingerprint density at radius 1 is 1.25 bits per heavy atom. The molecule has 3 unspecified atom stereocenters. The average molecular weight is 225 g/mol. The van der Waals surface area contributed by atoms with Gasteiger partial charge in [-0.3, -0.25) is 0 Å². The van der Waals surface area contributed by atoms with Crippen molar-refractivity contribution in [2.75, 3.05) is 13.1 Å². The van der Waals surface area contributed by atoms with E-state index in [2.05, 4.69) is 26.1 Å². The summed E-state index contributed by atoms with van der Waals surface area (Å²) in [6.45, 7) is 9.55. The third-order valence-corrected chi connectivity index (χ3v) is 4.21. The summed E-state index contributed by atoms with van der Waals surface area (Å²) in [6.07, 6.45) is 9.88. The van der Waals surface area contributed by atoms with E-state index in [1.54, 1.807) is 0 Å². The van der Waals surface area contributed by atoms with Crippen LogP contribution in [0.3, 0.4) is 0 Å². The molecule has 16 heavy (non-hydrogen) atoms. The Morgan fingerprint density at radius 2 is 2.06 bits per heavy atom. The third kappa shape index (κ3) is 5.34. The van der Waals surface area contributed by atoms with E-state index < -0.39 is 0 Å². The fraction of sp³-hybridized carbons (Fsp3) is 1.00. The molecule has 0 aromatic carbocycles. The molecule has 3 atom stereocenters. The summed E-state index contributed by atoms with van der Waals surface area (Å²) in [7, 11) is 0. The maximum atomic E-state index is 3.71. The van der Waals surface area contributed by atoms with Gasteiger partial charge < -0.3 is 5.32 Å². The van der Waals surface area contributed by atoms with Gasteiger partial charge in [-0.2, -0.15) is 0 Å². The lowest BCUT2D eigenvalue weighted by Crippen LogP contribution is -2.27. The van der Waals surface area contributed by atoms with E-state index in [0.717, 1.165) is 17.8 Å². The fourth-order valence-electron chi connectivity index (χ4n) is 2.95. The van der Waals surface area contributed by atoms with Gasteiger partial charge in [-0.05, 0) is 50.1 Å². The first-order valence-corrected chi connectivity index (χ1v) is 7.46. The molecule has 1 aliphatic carbocycles. The van der Waals surface area contributed by atoms with Crippen LogP contribution in [0.2, 0.25) is 0 Å². The Kier molecular flexibility index (Phi) is 7.11. The number of nitrogens with one attached hydrogen (secondary N) is 1. The SMILES string of the molecule is CCCCC(CC)CNCC1CCC(C)C1. The van der Waals surface area contributed by atoms with Crippen molar-refractivity contribution in [3.8, 4) is 0 Å². The van der Waals surface area contributed by atoms with Crippen molar-refractivity contribution in [1.82, 2.24) is 5.32 Å². The lowest BCUT2D eigenvalue weighted by atomic mass is 9.99. The summed E-state index contributed by atoms with van der Waals surface area (Å²) in [4.78, 5) is 0. The van der Waals surface area contributed by atoms with Gasteiger partial charge >= 0.3 is 0 Å². The van der Waals surface area contributed by atoms with E-state index in [9.17, 15) is 0 Å². The van der Waals surface area contributed by atoms with Crippen LogP contribution in [0.5, 0.6) is 0 Å². The lowest BCUT2D eigenvalue weighted by Gasteiger charge is -2.17. The van der Waals surface area contributed by atoms with Gasteiger partial charge in [0, 0.05) is 0 Å². The molecule has 0 aliphatic heterocycles. The van der Waals surface area contributed by atoms with E-state index in [0.29, 0.717) is 0 Å². The monoisotopic (exact) mass is 225 g/mol. The molecule has 0 aromatic heterocycles. The van der Waals surface area contributed by atoms with Gasteiger partial charge in [0.1, 0.15) is 0 Å². The van der Waals surface area contributed by atoms with Gasteiger partial charge in [-0.15, -0.1) is 0 Å². The number of hydrogen-bond donors (Lipinski definition) is 1. The van der Waals surface area contributed by atoms with Crippen LogP contribution in [-0.4, -0.2) is 13.1 Å². The molecule has 1 aliphatic rings. The maximum absolute atomic E-state index is 3.71. The summed E-state index contributed by atoms with van der Waals surface area (Å²) in [5.41, 5.74) is 0. The van der Waals surface area contributed by atoms with Gasteiger partial charge in [0.2, 0.25) is 0 Å². The van der Waals surface area contributed by atoms with Crippen LogP contribution in [-0.2, 0) is 0 Å². The van der Waals surface area contributed by atoms with Crippen molar-refractivity contribution in [1.29, 1.82) is 0 Å². The van der Waals surface area contributed by atoms with Crippen LogP contribution in [0.15, 0.2) is 0 Å². The second kappa shape index (κ2) is 8.11. The summed E-state index contributed by atoms with van der Waals surface area (Å²) in [5, 5.41) is 3.71. The van der Waals surface area contributed by atoms with Gasteiger partial charge in [-0.1, -0.05) is 46.5 Å². The minimum absolute atomic E-state index is 0.916. The third-order valence-electron chi connectivity index (χ3n) is 4.21. The maximum Gasteiger partial charge on any atom is -0.00203 e. The molecule has 0 spiro atoms. The second-order valence-corrected chi connectivity index (χ2v) is 5.86. The van der Waals surface area contributed by atoms with Crippen LogP contribution < -0.4 is 5.32 Å². The molecule has 1 nitrogen and oxygen atoms in total. The highest BCUT2D eigenvalue weighted by molar-refractivity contribution is 4.75. The van der Waals surface area contributed by atoms with Crippen molar-refractivity contribution < 1.29 is 0 Å². The minimum Gasteiger partial charge on any atom is -0.316 e. The highest BCUT2D eigenvalue weighted by Crippen LogP contribution is 2.29. The predicted octanol–water partition coefficient (Wildman–Crippen LogP) is 4.23. The molecular formula is C15H31N. The summed E-state index contributed by atoms with van der Waals surface area (Å²) in [5.74, 6) is 2.87. The molecule has 0 radical (unpaired) electrons. The number of hydrogen-bond acceptors (Lipinski definition) is 1. The first kappa shape index (κ1) is 14.0. The Balaban J connectivity index is 2.04. The Labute approximate surface area is 102 Å². The fourth-order valence-corrected chi connectivity index (χ4v) is 2.95. The van der Waals surface area contributed by atoms with Gasteiger partial charge in [0.15, 0.2) is 0 Å². The largest absolute Gasteiger partial charge is 0.316 e. The summed E-state index contributed by atoms with van der Waals surface area (Å²) in [6, 6.07) is 0. The molecule has 96 valence electrons. The molecule has 0 amide bonds. The number of rotatable bonds is 8. The molecule has 0 saturated heterocycles. The van der Waals surface area contributed by atoms with Crippen LogP contribution >= 0.6 is 0 Å². The highest BCUT2D eigenvalue weighted by Gasteiger charge is 2.20. The van der Waals surface area contributed by atoms with E-state index in [4.69, 9.17) is 0 Å². The molecular weight excluding hydrogens is 194 g/mol. The number of unbranched alkanes of at least 4 members (excludes halogenated alkanes) is 1. The van der Waals surface area contributed by atoms with Crippen LogP contribution in [0.4, 0.5) is 0 Å². The van der Waals surface area contributed by atoms with Gasteiger partial charge in [-0.25, -0.2) is 0 Å². The zero-order valence-electron chi connectivity index (χ0n) is 11.6. The van der Waals surface area contributed by atoms with E-state index >= 15 is 0 Å². The zero-order valence-corrected chi connectivity index (χ0v) is 11.6. The van der Waals surface area contributed by atoms with Crippen molar-refractivity contribution in [3.05, 3.63) is 0 Å². The standard InChI is InChI=1S/C15H31N/c1-4-6-7-14(5-2)11-16-12-15-9-8-13(3)10-15/h13-16H,4-12H2,1-3H3. The van der Waals surface area contributed by atoms with E-state index in [1.165, 1.54) is 58.0 Å². The van der Waals surface area contributed by atoms with Crippen LogP contribution in [0, 0.1) is 17.8 Å². The molecule has 0 heterocycles. The average Bonchev–Trinajstić information content (AvgIpc) is 2.69. The van der Waals surface area contributed by atoms with Crippen molar-refractivity contribution in [2.45, 2.75) is 65.7 Å². The first-order chi connectivity index (χ1) is 7.76. The van der Waals surface area contributed by atoms with Crippen LogP contribution in [0.25, 0.3) is 0 Å². The predicted molar refractivity (Wildman–Crippen MR) is 72.7 cm³/mol. The molecule has 0 aromatic rings. The normalized spacial score (nSPS) is 27.2. The smallest absolute Gasteiger partial charge is 0.00203 e. The Morgan fingerprint density at radius 3 is 2.62 bits per heavy atom. The molecule has 1 saturated carbocycles. The Hall–Kier alpha value is -0.0400. The van der Waals surface area contributed by atoms with Crippen molar-refractivity contribution >= 4 is 0 Å². The summed E-state index contributed by atoms with van der Waals surface area (Å²) < 4.78 is 0. The topological polar surface area (TPSA) is 12.0 Å². The minimum atomic E-state index is 0.916. The zero-order chi connectivity index (χ0) is 11.8. The molecule has 0 bridgehead atoms.